The molecule has 0 spiro atoms. The zero-order valence-corrected chi connectivity index (χ0v) is 11.8. The normalized spacial score (nSPS) is 20.9. The Morgan fingerprint density at radius 3 is 2.74 bits per heavy atom. The van der Waals surface area contributed by atoms with Crippen LogP contribution in [0.25, 0.3) is 0 Å². The van der Waals surface area contributed by atoms with Crippen molar-refractivity contribution >= 4 is 11.4 Å². The van der Waals surface area contributed by atoms with Crippen molar-refractivity contribution in [3.8, 4) is 5.75 Å². The zero-order valence-electron chi connectivity index (χ0n) is 11.8. The molecule has 106 valence electrons. The van der Waals surface area contributed by atoms with Gasteiger partial charge in [-0.15, -0.1) is 0 Å². The van der Waals surface area contributed by atoms with Crippen LogP contribution < -0.4 is 15.4 Å². The number of hydrogen-bond acceptors (Lipinski definition) is 5. The molecule has 0 saturated carbocycles. The summed E-state index contributed by atoms with van der Waals surface area (Å²) in [6.45, 7) is 6.31. The summed E-state index contributed by atoms with van der Waals surface area (Å²) in [7, 11) is 2.01. The Morgan fingerprint density at radius 2 is 2.11 bits per heavy atom. The zero-order chi connectivity index (χ0) is 14.0. The number of nitrogen functional groups attached to an aromatic ring is 1. The van der Waals surface area contributed by atoms with Crippen molar-refractivity contribution in [2.75, 3.05) is 37.3 Å². The molecule has 0 bridgehead atoms. The monoisotopic (exact) mass is 265 g/mol. The van der Waals surface area contributed by atoms with Gasteiger partial charge < -0.3 is 25.4 Å². The molecule has 1 fully saturated rings. The molecular weight excluding hydrogens is 242 g/mol. The van der Waals surface area contributed by atoms with Crippen molar-refractivity contribution in [2.45, 2.75) is 26.2 Å². The highest BCUT2D eigenvalue weighted by molar-refractivity contribution is 5.62. The van der Waals surface area contributed by atoms with Gasteiger partial charge >= 0.3 is 0 Å². The van der Waals surface area contributed by atoms with Crippen molar-refractivity contribution in [1.82, 2.24) is 4.90 Å². The van der Waals surface area contributed by atoms with Crippen LogP contribution in [-0.2, 0) is 0 Å². The van der Waals surface area contributed by atoms with Crippen molar-refractivity contribution in [2.24, 2.45) is 0 Å². The molecule has 1 unspecified atom stereocenters. The first-order valence-corrected chi connectivity index (χ1v) is 6.67. The third-order valence-corrected chi connectivity index (χ3v) is 3.25. The minimum Gasteiger partial charge on any atom is -0.489 e. The molecule has 0 aromatic heterocycles. The first-order chi connectivity index (χ1) is 8.97. The van der Waals surface area contributed by atoms with Crippen molar-refractivity contribution in [3.63, 3.8) is 0 Å². The van der Waals surface area contributed by atoms with Crippen LogP contribution in [0.5, 0.6) is 5.75 Å². The van der Waals surface area contributed by atoms with Gasteiger partial charge in [0.2, 0.25) is 0 Å². The number of likely N-dealkylation sites (N-methyl/N-ethyl adjacent to an activating group) is 1. The summed E-state index contributed by atoms with van der Waals surface area (Å²) in [4.78, 5) is 4.09. The van der Waals surface area contributed by atoms with E-state index in [0.717, 1.165) is 18.8 Å². The van der Waals surface area contributed by atoms with E-state index in [2.05, 4.69) is 4.90 Å². The van der Waals surface area contributed by atoms with Gasteiger partial charge in [-0.05, 0) is 33.0 Å². The number of nitrogens with two attached hydrogens (primary N) is 1. The van der Waals surface area contributed by atoms with Crippen LogP contribution in [0.2, 0.25) is 0 Å². The van der Waals surface area contributed by atoms with E-state index in [9.17, 15) is 5.11 Å². The molecular formula is C14H23N3O2. The lowest BCUT2D eigenvalue weighted by Gasteiger charge is -2.38. The van der Waals surface area contributed by atoms with E-state index < -0.39 is 6.23 Å². The Hall–Kier alpha value is -1.46. The van der Waals surface area contributed by atoms with Crippen LogP contribution in [0.15, 0.2) is 18.2 Å². The van der Waals surface area contributed by atoms with Gasteiger partial charge in [0.05, 0.1) is 11.8 Å². The van der Waals surface area contributed by atoms with Crippen molar-refractivity contribution in [3.05, 3.63) is 18.2 Å². The molecule has 19 heavy (non-hydrogen) atoms. The molecule has 0 aliphatic carbocycles. The fraction of sp³-hybridized carbons (Fsp3) is 0.571. The highest BCUT2D eigenvalue weighted by Crippen LogP contribution is 2.30. The number of aliphatic hydroxyl groups excluding tert-OH is 1. The molecule has 3 N–H and O–H groups in total. The molecule has 0 amide bonds. The summed E-state index contributed by atoms with van der Waals surface area (Å²) in [5.74, 6) is 0.679. The number of piperazine rings is 1. The highest BCUT2D eigenvalue weighted by atomic mass is 16.5. The van der Waals surface area contributed by atoms with Crippen LogP contribution in [0.1, 0.15) is 13.8 Å². The number of β-amino-alcohol motifs (C(OH)–C–C–N with tert-alkyl or cyclic N) is 1. The van der Waals surface area contributed by atoms with E-state index >= 15 is 0 Å². The highest BCUT2D eigenvalue weighted by Gasteiger charge is 2.23. The van der Waals surface area contributed by atoms with E-state index in [1.165, 1.54) is 0 Å². The van der Waals surface area contributed by atoms with Crippen LogP contribution >= 0.6 is 0 Å². The van der Waals surface area contributed by atoms with Crippen LogP contribution in [0.3, 0.4) is 0 Å². The first kappa shape index (κ1) is 14.0. The lowest BCUT2D eigenvalue weighted by atomic mass is 10.2. The second-order valence-electron chi connectivity index (χ2n) is 5.32. The number of anilines is 2. The standard InChI is InChI=1S/C14H23N3O2/c1-10(2)19-13-8-11(4-5-12(13)15)17-7-6-16(3)9-14(17)18/h4-5,8,10,14,18H,6-7,9,15H2,1-3H3. The Kier molecular flexibility index (Phi) is 4.17. The maximum atomic E-state index is 10.1. The number of hydrogen-bond donors (Lipinski definition) is 2. The molecule has 0 radical (unpaired) electrons. The Morgan fingerprint density at radius 1 is 1.37 bits per heavy atom. The molecule has 1 aliphatic heterocycles. The number of benzene rings is 1. The average Bonchev–Trinajstić information content (AvgIpc) is 2.32. The van der Waals surface area contributed by atoms with Gasteiger partial charge in [-0.2, -0.15) is 0 Å². The predicted molar refractivity (Wildman–Crippen MR) is 77.5 cm³/mol. The molecule has 1 aromatic rings. The van der Waals surface area contributed by atoms with Crippen LogP contribution in [0, 0.1) is 0 Å². The van der Waals surface area contributed by atoms with Gasteiger partial charge in [-0.25, -0.2) is 0 Å². The van der Waals surface area contributed by atoms with Gasteiger partial charge in [0.15, 0.2) is 0 Å². The summed E-state index contributed by atoms with van der Waals surface area (Å²) in [5.41, 5.74) is 7.49. The number of aliphatic hydroxyl groups is 1. The summed E-state index contributed by atoms with van der Waals surface area (Å²) in [6, 6.07) is 5.67. The molecule has 2 rings (SSSR count). The summed E-state index contributed by atoms with van der Waals surface area (Å²) >= 11 is 0. The maximum absolute atomic E-state index is 10.1. The topological polar surface area (TPSA) is 62.0 Å². The summed E-state index contributed by atoms with van der Waals surface area (Å²) in [5, 5.41) is 10.1. The minimum absolute atomic E-state index is 0.0787. The summed E-state index contributed by atoms with van der Waals surface area (Å²) < 4.78 is 5.69. The summed E-state index contributed by atoms with van der Waals surface area (Å²) in [6.07, 6.45) is -0.413. The molecule has 5 nitrogen and oxygen atoms in total. The quantitative estimate of drug-likeness (QED) is 0.802. The lowest BCUT2D eigenvalue weighted by Crippen LogP contribution is -2.51. The third kappa shape index (κ3) is 3.30. The third-order valence-electron chi connectivity index (χ3n) is 3.25. The predicted octanol–water partition coefficient (Wildman–Crippen LogP) is 1.13. The van der Waals surface area contributed by atoms with Gasteiger partial charge in [-0.3, -0.25) is 0 Å². The fourth-order valence-electron chi connectivity index (χ4n) is 2.25. The second kappa shape index (κ2) is 5.67. The largest absolute Gasteiger partial charge is 0.489 e. The second-order valence-corrected chi connectivity index (χ2v) is 5.32. The van der Waals surface area contributed by atoms with Crippen molar-refractivity contribution < 1.29 is 9.84 Å². The smallest absolute Gasteiger partial charge is 0.144 e. The lowest BCUT2D eigenvalue weighted by molar-refractivity contribution is 0.0957. The van der Waals surface area contributed by atoms with Crippen LogP contribution in [0.4, 0.5) is 11.4 Å². The first-order valence-electron chi connectivity index (χ1n) is 6.67. The molecule has 1 heterocycles. The number of ether oxygens (including phenoxy) is 1. The van der Waals surface area contributed by atoms with Crippen molar-refractivity contribution in [1.29, 1.82) is 0 Å². The van der Waals surface area contributed by atoms with E-state index in [0.29, 0.717) is 18.0 Å². The molecule has 1 aromatic carbocycles. The molecule has 1 aliphatic rings. The molecule has 1 saturated heterocycles. The number of rotatable bonds is 3. The van der Waals surface area contributed by atoms with Gasteiger partial charge in [-0.1, -0.05) is 0 Å². The molecule has 5 heteroatoms. The van der Waals surface area contributed by atoms with E-state index in [4.69, 9.17) is 10.5 Å². The van der Waals surface area contributed by atoms with Crippen LogP contribution in [-0.4, -0.2) is 49.0 Å². The molecule has 1 atom stereocenters. The van der Waals surface area contributed by atoms with Gasteiger partial charge in [0.1, 0.15) is 12.0 Å². The fourth-order valence-corrected chi connectivity index (χ4v) is 2.25. The maximum Gasteiger partial charge on any atom is 0.144 e. The SMILES string of the molecule is CC(C)Oc1cc(N2CCN(C)CC2O)ccc1N. The average molecular weight is 265 g/mol. The Balaban J connectivity index is 2.20. The van der Waals surface area contributed by atoms with E-state index in [1.54, 1.807) is 0 Å². The van der Waals surface area contributed by atoms with E-state index in [-0.39, 0.29) is 6.10 Å². The Labute approximate surface area is 114 Å². The van der Waals surface area contributed by atoms with Gasteiger partial charge in [0, 0.05) is 31.4 Å². The van der Waals surface area contributed by atoms with E-state index in [1.807, 2.05) is 44.0 Å². The van der Waals surface area contributed by atoms with Gasteiger partial charge in [0.25, 0.3) is 0 Å². The Bertz CT molecular complexity index is 437. The number of nitrogens with zero attached hydrogens (tertiary/aromatic N) is 2. The minimum atomic E-state index is -0.491.